The minimum atomic E-state index is -0.0691. The van der Waals surface area contributed by atoms with Crippen LogP contribution < -0.4 is 0 Å². The highest BCUT2D eigenvalue weighted by atomic mass is 32.1. The molecule has 4 aromatic rings. The summed E-state index contributed by atoms with van der Waals surface area (Å²) in [5.74, 6) is -0.0691. The van der Waals surface area contributed by atoms with E-state index in [-0.39, 0.29) is 5.78 Å². The molecule has 4 rings (SSSR count). The zero-order chi connectivity index (χ0) is 17.1. The molecule has 0 saturated carbocycles. The molecule has 0 aliphatic heterocycles. The lowest BCUT2D eigenvalue weighted by molar-refractivity contribution is 0.104. The van der Waals surface area contributed by atoms with Crippen LogP contribution in [0.1, 0.15) is 15.4 Å². The Labute approximate surface area is 150 Å². The summed E-state index contributed by atoms with van der Waals surface area (Å²) in [7, 11) is 0. The summed E-state index contributed by atoms with van der Waals surface area (Å²) < 4.78 is 0. The van der Waals surface area contributed by atoms with Crippen LogP contribution in [0.3, 0.4) is 0 Å². The average Bonchev–Trinajstić information content (AvgIpc) is 3.16. The number of rotatable bonds is 4. The molecule has 1 heterocycles. The maximum Gasteiger partial charge on any atom is 0.214 e. The van der Waals surface area contributed by atoms with E-state index in [2.05, 4.69) is 23.2 Å². The standard InChI is InChI=1S/C22H15NOS/c24-21(14-13-16-7-2-1-3-8-16)22-23-20(15-25-22)19-12-6-10-17-9-4-5-11-18(17)19/h1-15H. The van der Waals surface area contributed by atoms with Crippen molar-refractivity contribution in [3.63, 3.8) is 0 Å². The van der Waals surface area contributed by atoms with Gasteiger partial charge >= 0.3 is 0 Å². The van der Waals surface area contributed by atoms with E-state index in [0.717, 1.165) is 22.2 Å². The van der Waals surface area contributed by atoms with Crippen molar-refractivity contribution in [1.82, 2.24) is 4.98 Å². The van der Waals surface area contributed by atoms with E-state index in [1.54, 1.807) is 6.08 Å². The number of aromatic nitrogens is 1. The maximum absolute atomic E-state index is 12.4. The molecule has 0 aliphatic rings. The smallest absolute Gasteiger partial charge is 0.214 e. The van der Waals surface area contributed by atoms with Crippen LogP contribution in [0.4, 0.5) is 0 Å². The number of thiazole rings is 1. The van der Waals surface area contributed by atoms with Crippen molar-refractivity contribution < 1.29 is 4.79 Å². The zero-order valence-corrected chi connectivity index (χ0v) is 14.2. The molecular weight excluding hydrogens is 326 g/mol. The molecule has 0 bridgehead atoms. The third-order valence-corrected chi connectivity index (χ3v) is 4.86. The van der Waals surface area contributed by atoms with Crippen LogP contribution in [-0.4, -0.2) is 10.8 Å². The predicted molar refractivity (Wildman–Crippen MR) is 105 cm³/mol. The number of benzene rings is 3. The van der Waals surface area contributed by atoms with Gasteiger partial charge in [0.25, 0.3) is 0 Å². The lowest BCUT2D eigenvalue weighted by atomic mass is 10.0. The van der Waals surface area contributed by atoms with Crippen LogP contribution in [0, 0.1) is 0 Å². The Bertz CT molecular complexity index is 1060. The Kier molecular flexibility index (Phi) is 4.23. The van der Waals surface area contributed by atoms with Gasteiger partial charge in [-0.1, -0.05) is 78.9 Å². The summed E-state index contributed by atoms with van der Waals surface area (Å²) >= 11 is 1.38. The first kappa shape index (κ1) is 15.5. The van der Waals surface area contributed by atoms with Gasteiger partial charge in [0.1, 0.15) is 0 Å². The maximum atomic E-state index is 12.4. The summed E-state index contributed by atoms with van der Waals surface area (Å²) in [5, 5.41) is 4.78. The molecular formula is C22H15NOS. The van der Waals surface area contributed by atoms with Gasteiger partial charge < -0.3 is 0 Å². The molecule has 0 aliphatic carbocycles. The molecule has 25 heavy (non-hydrogen) atoms. The fourth-order valence-electron chi connectivity index (χ4n) is 2.77. The summed E-state index contributed by atoms with van der Waals surface area (Å²) in [6.45, 7) is 0. The number of nitrogens with zero attached hydrogens (tertiary/aromatic N) is 1. The predicted octanol–water partition coefficient (Wildman–Crippen LogP) is 5.86. The van der Waals surface area contributed by atoms with Gasteiger partial charge in [-0.2, -0.15) is 0 Å². The van der Waals surface area contributed by atoms with Crippen molar-refractivity contribution in [1.29, 1.82) is 0 Å². The molecule has 0 fully saturated rings. The summed E-state index contributed by atoms with van der Waals surface area (Å²) in [4.78, 5) is 16.9. The molecule has 120 valence electrons. The third kappa shape index (κ3) is 3.28. The van der Waals surface area contributed by atoms with Gasteiger partial charge in [0.15, 0.2) is 5.01 Å². The molecule has 0 N–H and O–H groups in total. The molecule has 0 radical (unpaired) electrons. The SMILES string of the molecule is O=C(C=Cc1ccccc1)c1nc(-c2cccc3ccccc23)cs1. The van der Waals surface area contributed by atoms with Gasteiger partial charge in [-0.05, 0) is 22.4 Å². The van der Waals surface area contributed by atoms with Crippen LogP contribution >= 0.6 is 11.3 Å². The van der Waals surface area contributed by atoms with E-state index in [1.807, 2.05) is 66.1 Å². The molecule has 3 aromatic carbocycles. The Morgan fingerprint density at radius 2 is 1.64 bits per heavy atom. The first-order chi connectivity index (χ1) is 12.3. The number of carbonyl (C=O) groups excluding carboxylic acids is 1. The van der Waals surface area contributed by atoms with Gasteiger partial charge in [0.05, 0.1) is 5.69 Å². The van der Waals surface area contributed by atoms with Crippen LogP contribution in [0.5, 0.6) is 0 Å². The Hall–Kier alpha value is -3.04. The minimum Gasteiger partial charge on any atom is -0.287 e. The van der Waals surface area contributed by atoms with E-state index in [0.29, 0.717) is 5.01 Å². The number of hydrogen-bond donors (Lipinski definition) is 0. The van der Waals surface area contributed by atoms with Gasteiger partial charge in [0, 0.05) is 10.9 Å². The van der Waals surface area contributed by atoms with Crippen molar-refractivity contribution in [2.75, 3.05) is 0 Å². The number of hydrogen-bond acceptors (Lipinski definition) is 3. The lowest BCUT2D eigenvalue weighted by Gasteiger charge is -2.03. The third-order valence-electron chi connectivity index (χ3n) is 4.01. The van der Waals surface area contributed by atoms with Crippen LogP contribution in [0.25, 0.3) is 28.1 Å². The van der Waals surface area contributed by atoms with E-state index >= 15 is 0 Å². The van der Waals surface area contributed by atoms with E-state index in [4.69, 9.17) is 0 Å². The van der Waals surface area contributed by atoms with Crippen LogP contribution in [0.15, 0.2) is 84.3 Å². The number of ketones is 1. The van der Waals surface area contributed by atoms with Crippen molar-refractivity contribution in [3.8, 4) is 11.3 Å². The number of fused-ring (bicyclic) bond motifs is 1. The van der Waals surface area contributed by atoms with Gasteiger partial charge in [-0.3, -0.25) is 4.79 Å². The van der Waals surface area contributed by atoms with Gasteiger partial charge in [0.2, 0.25) is 5.78 Å². The summed E-state index contributed by atoms with van der Waals surface area (Å²) in [6.07, 6.45) is 3.41. The summed E-state index contributed by atoms with van der Waals surface area (Å²) in [6, 6.07) is 24.2. The minimum absolute atomic E-state index is 0.0691. The number of allylic oxidation sites excluding steroid dienone is 1. The Balaban J connectivity index is 1.64. The Morgan fingerprint density at radius 3 is 2.52 bits per heavy atom. The quantitative estimate of drug-likeness (QED) is 0.344. The van der Waals surface area contributed by atoms with Crippen molar-refractivity contribution in [3.05, 3.63) is 94.8 Å². The molecule has 0 atom stereocenters. The average molecular weight is 341 g/mol. The molecule has 3 heteroatoms. The second-order valence-corrected chi connectivity index (χ2v) is 6.53. The topological polar surface area (TPSA) is 30.0 Å². The fourth-order valence-corrected chi connectivity index (χ4v) is 3.50. The first-order valence-corrected chi connectivity index (χ1v) is 8.90. The fraction of sp³-hybridized carbons (Fsp3) is 0. The molecule has 1 aromatic heterocycles. The monoisotopic (exact) mass is 341 g/mol. The highest BCUT2D eigenvalue weighted by Crippen LogP contribution is 2.29. The zero-order valence-electron chi connectivity index (χ0n) is 13.4. The Morgan fingerprint density at radius 1 is 0.880 bits per heavy atom. The highest BCUT2D eigenvalue weighted by molar-refractivity contribution is 7.12. The highest BCUT2D eigenvalue weighted by Gasteiger charge is 2.11. The first-order valence-electron chi connectivity index (χ1n) is 8.02. The van der Waals surface area contributed by atoms with Crippen molar-refractivity contribution in [2.24, 2.45) is 0 Å². The molecule has 0 unspecified atom stereocenters. The summed E-state index contributed by atoms with van der Waals surface area (Å²) in [5.41, 5.74) is 2.90. The van der Waals surface area contributed by atoms with Crippen molar-refractivity contribution in [2.45, 2.75) is 0 Å². The van der Waals surface area contributed by atoms with Gasteiger partial charge in [-0.25, -0.2) is 4.98 Å². The molecule has 0 spiro atoms. The second-order valence-electron chi connectivity index (χ2n) is 5.67. The van der Waals surface area contributed by atoms with E-state index in [1.165, 1.54) is 16.7 Å². The van der Waals surface area contributed by atoms with Crippen molar-refractivity contribution >= 4 is 34.0 Å². The normalized spacial score (nSPS) is 11.2. The lowest BCUT2D eigenvalue weighted by Crippen LogP contribution is -1.93. The largest absolute Gasteiger partial charge is 0.287 e. The van der Waals surface area contributed by atoms with E-state index < -0.39 is 0 Å². The number of carbonyl (C=O) groups is 1. The molecule has 2 nitrogen and oxygen atoms in total. The van der Waals surface area contributed by atoms with Gasteiger partial charge in [-0.15, -0.1) is 11.3 Å². The second kappa shape index (κ2) is 6.83. The van der Waals surface area contributed by atoms with Crippen LogP contribution in [-0.2, 0) is 0 Å². The molecule has 0 saturated heterocycles. The molecule has 0 amide bonds. The van der Waals surface area contributed by atoms with E-state index in [9.17, 15) is 4.79 Å². The van der Waals surface area contributed by atoms with Crippen LogP contribution in [0.2, 0.25) is 0 Å².